The average molecular weight is 462 g/mol. The highest BCUT2D eigenvalue weighted by Gasteiger charge is 2.21. The van der Waals surface area contributed by atoms with Gasteiger partial charge in [-0.25, -0.2) is 8.42 Å². The molecule has 0 aromatic heterocycles. The molecule has 1 atom stereocenters. The second-order valence-electron chi connectivity index (χ2n) is 8.34. The van der Waals surface area contributed by atoms with E-state index in [1.54, 1.807) is 43.4 Å². The summed E-state index contributed by atoms with van der Waals surface area (Å²) in [7, 11) is -0.132. The molecule has 32 heavy (non-hydrogen) atoms. The quantitative estimate of drug-likeness (QED) is 0.284. The Balaban J connectivity index is 1.80. The average Bonchev–Trinajstić information content (AvgIpc) is 2.76. The summed E-state index contributed by atoms with van der Waals surface area (Å²) in [5.41, 5.74) is 8.01. The molecule has 0 amide bonds. The SMILES string of the molecule is CC(C)c1ccc(S(=O)(=O)N(C)CCN(C)CC(O)CNc2ccc(C(=N)N)cc2)cc1. The zero-order valence-corrected chi connectivity index (χ0v) is 20.1. The Kier molecular flexibility index (Phi) is 9.21. The van der Waals surface area contributed by atoms with E-state index >= 15 is 0 Å². The third-order valence-electron chi connectivity index (χ3n) is 5.31. The smallest absolute Gasteiger partial charge is 0.242 e. The lowest BCUT2D eigenvalue weighted by Crippen LogP contribution is -2.39. The predicted molar refractivity (Wildman–Crippen MR) is 130 cm³/mol. The molecule has 9 heteroatoms. The molecule has 2 aromatic rings. The van der Waals surface area contributed by atoms with Crippen molar-refractivity contribution in [1.82, 2.24) is 9.21 Å². The second-order valence-corrected chi connectivity index (χ2v) is 10.4. The first-order chi connectivity index (χ1) is 15.0. The number of sulfonamides is 1. The minimum atomic E-state index is -3.55. The normalized spacial score (nSPS) is 13.0. The number of nitrogens with two attached hydrogens (primary N) is 1. The summed E-state index contributed by atoms with van der Waals surface area (Å²) in [6.07, 6.45) is -0.627. The number of amidine groups is 1. The van der Waals surface area contributed by atoms with Gasteiger partial charge in [0, 0.05) is 44.5 Å². The topological polar surface area (TPSA) is 123 Å². The minimum absolute atomic E-state index is 0.0118. The number of hydrogen-bond acceptors (Lipinski definition) is 6. The van der Waals surface area contributed by atoms with Crippen LogP contribution in [-0.2, 0) is 10.0 Å². The van der Waals surface area contributed by atoms with Gasteiger partial charge in [0.05, 0.1) is 11.0 Å². The van der Waals surface area contributed by atoms with Gasteiger partial charge in [-0.15, -0.1) is 0 Å². The van der Waals surface area contributed by atoms with E-state index in [1.165, 1.54) is 4.31 Å². The lowest BCUT2D eigenvalue weighted by atomic mass is 10.0. The number of rotatable bonds is 12. The first-order valence-electron chi connectivity index (χ1n) is 10.6. The lowest BCUT2D eigenvalue weighted by Gasteiger charge is -2.24. The van der Waals surface area contributed by atoms with E-state index < -0.39 is 16.1 Å². The molecule has 0 saturated carbocycles. The van der Waals surface area contributed by atoms with Crippen LogP contribution in [0.1, 0.15) is 30.9 Å². The van der Waals surface area contributed by atoms with Crippen LogP contribution < -0.4 is 11.1 Å². The van der Waals surface area contributed by atoms with E-state index in [2.05, 4.69) is 19.2 Å². The third-order valence-corrected chi connectivity index (χ3v) is 7.18. The highest BCUT2D eigenvalue weighted by molar-refractivity contribution is 7.89. The van der Waals surface area contributed by atoms with E-state index in [9.17, 15) is 13.5 Å². The van der Waals surface area contributed by atoms with Crippen molar-refractivity contribution >= 4 is 21.5 Å². The zero-order chi connectivity index (χ0) is 23.9. The van der Waals surface area contributed by atoms with Crippen LogP contribution >= 0.6 is 0 Å². The Morgan fingerprint density at radius 2 is 1.66 bits per heavy atom. The number of anilines is 1. The molecule has 0 aliphatic rings. The van der Waals surface area contributed by atoms with Gasteiger partial charge in [-0.2, -0.15) is 4.31 Å². The largest absolute Gasteiger partial charge is 0.390 e. The molecular formula is C23H35N5O3S. The molecule has 0 saturated heterocycles. The molecule has 0 heterocycles. The molecule has 2 aromatic carbocycles. The van der Waals surface area contributed by atoms with Crippen LogP contribution in [0, 0.1) is 5.41 Å². The maximum atomic E-state index is 12.8. The van der Waals surface area contributed by atoms with Gasteiger partial charge in [-0.1, -0.05) is 26.0 Å². The molecule has 0 aliphatic heterocycles. The summed E-state index contributed by atoms with van der Waals surface area (Å²) >= 11 is 0. The maximum absolute atomic E-state index is 12.8. The summed E-state index contributed by atoms with van der Waals surface area (Å²) in [5, 5.41) is 20.9. The van der Waals surface area contributed by atoms with Crippen LogP contribution in [-0.4, -0.2) is 74.9 Å². The second kappa shape index (κ2) is 11.4. The fourth-order valence-electron chi connectivity index (χ4n) is 3.16. The molecule has 5 N–H and O–H groups in total. The van der Waals surface area contributed by atoms with Gasteiger partial charge in [0.15, 0.2) is 0 Å². The van der Waals surface area contributed by atoms with E-state index in [-0.39, 0.29) is 10.7 Å². The lowest BCUT2D eigenvalue weighted by molar-refractivity contribution is 0.134. The van der Waals surface area contributed by atoms with Crippen molar-refractivity contribution in [3.8, 4) is 0 Å². The number of aliphatic hydroxyl groups excluding tert-OH is 1. The van der Waals surface area contributed by atoms with Crippen LogP contribution in [0.2, 0.25) is 0 Å². The number of benzene rings is 2. The maximum Gasteiger partial charge on any atom is 0.242 e. The van der Waals surface area contributed by atoms with Crippen LogP contribution in [0.3, 0.4) is 0 Å². The van der Waals surface area contributed by atoms with E-state index in [1.807, 2.05) is 24.1 Å². The third kappa shape index (κ3) is 7.30. The van der Waals surface area contributed by atoms with E-state index in [0.717, 1.165) is 11.3 Å². The van der Waals surface area contributed by atoms with Gasteiger partial charge in [-0.3, -0.25) is 5.41 Å². The van der Waals surface area contributed by atoms with Crippen LogP contribution in [0.5, 0.6) is 0 Å². The molecule has 2 rings (SSSR count). The fraction of sp³-hybridized carbons (Fsp3) is 0.435. The number of aliphatic hydroxyl groups is 1. The number of nitrogens with zero attached hydrogens (tertiary/aromatic N) is 2. The van der Waals surface area contributed by atoms with Gasteiger partial charge in [0.2, 0.25) is 10.0 Å². The van der Waals surface area contributed by atoms with Gasteiger partial charge in [0.1, 0.15) is 5.84 Å². The summed E-state index contributed by atoms with van der Waals surface area (Å²) < 4.78 is 26.9. The Bertz CT molecular complexity index is 976. The number of nitrogen functional groups attached to an aromatic ring is 1. The molecule has 176 valence electrons. The minimum Gasteiger partial charge on any atom is -0.390 e. The van der Waals surface area contributed by atoms with Crippen molar-refractivity contribution in [1.29, 1.82) is 5.41 Å². The molecule has 0 radical (unpaired) electrons. The standard InChI is InChI=1S/C23H35N5O3S/c1-17(2)18-7-11-22(12-8-18)32(30,31)28(4)14-13-27(3)16-21(29)15-26-20-9-5-19(6-10-20)23(24)25/h5-12,17,21,26,29H,13-16H2,1-4H3,(H3,24,25). The number of likely N-dealkylation sites (N-methyl/N-ethyl adjacent to an activating group) is 2. The van der Waals surface area contributed by atoms with Crippen LogP contribution in [0.25, 0.3) is 0 Å². The zero-order valence-electron chi connectivity index (χ0n) is 19.2. The molecule has 0 fully saturated rings. The number of nitrogens with one attached hydrogen (secondary N) is 2. The van der Waals surface area contributed by atoms with Gasteiger partial charge < -0.3 is 21.1 Å². The van der Waals surface area contributed by atoms with Crippen molar-refractivity contribution in [2.24, 2.45) is 5.73 Å². The molecule has 0 aliphatic carbocycles. The van der Waals surface area contributed by atoms with Crippen molar-refractivity contribution in [3.63, 3.8) is 0 Å². The van der Waals surface area contributed by atoms with Crippen molar-refractivity contribution < 1.29 is 13.5 Å². The highest BCUT2D eigenvalue weighted by Crippen LogP contribution is 2.19. The Labute approximate surface area is 191 Å². The van der Waals surface area contributed by atoms with Gasteiger partial charge in [-0.05, 0) is 54.9 Å². The van der Waals surface area contributed by atoms with Crippen molar-refractivity contribution in [2.45, 2.75) is 30.8 Å². The first-order valence-corrected chi connectivity index (χ1v) is 12.1. The highest BCUT2D eigenvalue weighted by atomic mass is 32.2. The predicted octanol–water partition coefficient (Wildman–Crippen LogP) is 2.12. The van der Waals surface area contributed by atoms with E-state index in [0.29, 0.717) is 37.7 Å². The molecular weight excluding hydrogens is 426 g/mol. The van der Waals surface area contributed by atoms with Gasteiger partial charge in [0.25, 0.3) is 0 Å². The monoisotopic (exact) mass is 461 g/mol. The fourth-order valence-corrected chi connectivity index (χ4v) is 4.32. The summed E-state index contributed by atoms with van der Waals surface area (Å²) in [6.45, 7) is 5.69. The van der Waals surface area contributed by atoms with Crippen LogP contribution in [0.15, 0.2) is 53.4 Å². The first kappa shape index (κ1) is 25.8. The summed E-state index contributed by atoms with van der Waals surface area (Å²) in [4.78, 5) is 2.19. The molecule has 1 unspecified atom stereocenters. The van der Waals surface area contributed by atoms with Crippen LogP contribution in [0.4, 0.5) is 5.69 Å². The number of hydrogen-bond donors (Lipinski definition) is 4. The molecule has 0 bridgehead atoms. The Morgan fingerprint density at radius 3 is 2.19 bits per heavy atom. The van der Waals surface area contributed by atoms with E-state index in [4.69, 9.17) is 11.1 Å². The van der Waals surface area contributed by atoms with Gasteiger partial charge >= 0.3 is 0 Å². The molecule has 0 spiro atoms. The Morgan fingerprint density at radius 1 is 1.06 bits per heavy atom. The molecule has 8 nitrogen and oxygen atoms in total. The summed E-state index contributed by atoms with van der Waals surface area (Å²) in [5.74, 6) is 0.358. The summed E-state index contributed by atoms with van der Waals surface area (Å²) in [6, 6.07) is 14.1. The van der Waals surface area contributed by atoms with Crippen molar-refractivity contribution in [3.05, 3.63) is 59.7 Å². The Hall–Kier alpha value is -2.46. The van der Waals surface area contributed by atoms with Crippen molar-refractivity contribution in [2.75, 3.05) is 45.6 Å².